The van der Waals surface area contributed by atoms with Gasteiger partial charge in [0, 0.05) is 6.42 Å². The zero-order chi connectivity index (χ0) is 12.6. The Morgan fingerprint density at radius 1 is 1.38 bits per heavy atom. The van der Waals surface area contributed by atoms with E-state index in [4.69, 9.17) is 4.74 Å². The lowest BCUT2D eigenvalue weighted by atomic mass is 10.0. The van der Waals surface area contributed by atoms with Gasteiger partial charge in [-0.3, -0.25) is 8.98 Å². The minimum Gasteiger partial charge on any atom is -0.466 e. The fraction of sp³-hybridized carbons (Fsp3) is 0.900. The van der Waals surface area contributed by atoms with Gasteiger partial charge in [0.25, 0.3) is 10.1 Å². The third kappa shape index (κ3) is 9.92. The summed E-state index contributed by atoms with van der Waals surface area (Å²) in [4.78, 5) is 11.1. The molecule has 0 saturated heterocycles. The third-order valence-corrected chi connectivity index (χ3v) is 2.55. The van der Waals surface area contributed by atoms with Gasteiger partial charge in [-0.1, -0.05) is 6.92 Å². The summed E-state index contributed by atoms with van der Waals surface area (Å²) >= 11 is 0. The molecule has 0 fully saturated rings. The van der Waals surface area contributed by atoms with Crippen molar-refractivity contribution < 1.29 is 22.1 Å². The molecule has 16 heavy (non-hydrogen) atoms. The first-order chi connectivity index (χ1) is 7.35. The minimum atomic E-state index is -3.35. The zero-order valence-corrected chi connectivity index (χ0v) is 10.9. The van der Waals surface area contributed by atoms with E-state index >= 15 is 0 Å². The predicted octanol–water partition coefficient (Wildman–Crippen LogP) is 1.33. The third-order valence-electron chi connectivity index (χ3n) is 1.96. The molecule has 0 aliphatic rings. The van der Waals surface area contributed by atoms with Crippen LogP contribution in [0.5, 0.6) is 0 Å². The van der Waals surface area contributed by atoms with Crippen molar-refractivity contribution in [3.8, 4) is 0 Å². The normalized spacial score (nSPS) is 13.4. The maximum absolute atomic E-state index is 11.1. The summed E-state index contributed by atoms with van der Waals surface area (Å²) in [6.07, 6.45) is 2.75. The van der Waals surface area contributed by atoms with E-state index in [1.54, 1.807) is 6.92 Å². The van der Waals surface area contributed by atoms with Crippen molar-refractivity contribution in [3.05, 3.63) is 0 Å². The van der Waals surface area contributed by atoms with Gasteiger partial charge in [0.2, 0.25) is 0 Å². The Labute approximate surface area is 97.2 Å². The summed E-state index contributed by atoms with van der Waals surface area (Å²) < 4.78 is 30.7. The van der Waals surface area contributed by atoms with E-state index in [9.17, 15) is 13.2 Å². The predicted molar refractivity (Wildman–Crippen MR) is 60.4 cm³/mol. The SMILES string of the molecule is CCOC(=O)C[C@H](C)CCCOS(C)(=O)=O. The van der Waals surface area contributed by atoms with E-state index in [1.165, 1.54) is 0 Å². The molecule has 96 valence electrons. The molecule has 0 saturated carbocycles. The molecule has 0 amide bonds. The molecule has 0 bridgehead atoms. The van der Waals surface area contributed by atoms with E-state index in [0.717, 1.165) is 12.7 Å². The van der Waals surface area contributed by atoms with Gasteiger partial charge in [-0.25, -0.2) is 0 Å². The number of esters is 1. The number of hydrogen-bond donors (Lipinski definition) is 0. The molecule has 0 aliphatic heterocycles. The Morgan fingerprint density at radius 3 is 2.50 bits per heavy atom. The highest BCUT2D eigenvalue weighted by atomic mass is 32.2. The van der Waals surface area contributed by atoms with Gasteiger partial charge < -0.3 is 4.74 Å². The van der Waals surface area contributed by atoms with Crippen molar-refractivity contribution in [2.24, 2.45) is 5.92 Å². The fourth-order valence-electron chi connectivity index (χ4n) is 1.25. The van der Waals surface area contributed by atoms with E-state index < -0.39 is 10.1 Å². The van der Waals surface area contributed by atoms with E-state index in [0.29, 0.717) is 19.4 Å². The van der Waals surface area contributed by atoms with Crippen LogP contribution in [0.15, 0.2) is 0 Å². The van der Waals surface area contributed by atoms with Gasteiger partial charge in [0.05, 0.1) is 19.5 Å². The van der Waals surface area contributed by atoms with Crippen molar-refractivity contribution in [2.75, 3.05) is 19.5 Å². The van der Waals surface area contributed by atoms with Crippen molar-refractivity contribution >= 4 is 16.1 Å². The quantitative estimate of drug-likeness (QED) is 0.370. The number of rotatable bonds is 8. The maximum atomic E-state index is 11.1. The molecule has 0 radical (unpaired) electrons. The van der Waals surface area contributed by atoms with Crippen LogP contribution < -0.4 is 0 Å². The lowest BCUT2D eigenvalue weighted by Gasteiger charge is -2.09. The van der Waals surface area contributed by atoms with Crippen LogP contribution in [0.25, 0.3) is 0 Å². The molecule has 0 rings (SSSR count). The molecule has 0 unspecified atom stereocenters. The molecule has 0 aromatic heterocycles. The van der Waals surface area contributed by atoms with Gasteiger partial charge >= 0.3 is 5.97 Å². The van der Waals surface area contributed by atoms with Crippen LogP contribution in [0.2, 0.25) is 0 Å². The molecule has 0 heterocycles. The fourth-order valence-corrected chi connectivity index (χ4v) is 1.67. The first kappa shape index (κ1) is 15.4. The number of carbonyl (C=O) groups excluding carboxylic acids is 1. The molecule has 0 aromatic rings. The first-order valence-electron chi connectivity index (χ1n) is 5.35. The Kier molecular flexibility index (Phi) is 7.33. The standard InChI is InChI=1S/C10H20O5S/c1-4-14-10(11)8-9(2)6-5-7-15-16(3,12)13/h9H,4-8H2,1-3H3/t9-/m1/s1. The van der Waals surface area contributed by atoms with Gasteiger partial charge in [0.15, 0.2) is 0 Å². The lowest BCUT2D eigenvalue weighted by Crippen LogP contribution is -2.10. The van der Waals surface area contributed by atoms with E-state index in [1.807, 2.05) is 6.92 Å². The Hall–Kier alpha value is -0.620. The van der Waals surface area contributed by atoms with Crippen LogP contribution in [-0.2, 0) is 23.8 Å². The first-order valence-corrected chi connectivity index (χ1v) is 7.16. The number of carbonyl (C=O) groups is 1. The molecular weight excluding hydrogens is 232 g/mol. The van der Waals surface area contributed by atoms with Crippen molar-refractivity contribution in [3.63, 3.8) is 0 Å². The van der Waals surface area contributed by atoms with Crippen LogP contribution in [0.3, 0.4) is 0 Å². The van der Waals surface area contributed by atoms with Crippen LogP contribution in [0, 0.1) is 5.92 Å². The van der Waals surface area contributed by atoms with Crippen molar-refractivity contribution in [1.29, 1.82) is 0 Å². The topological polar surface area (TPSA) is 69.7 Å². The average molecular weight is 252 g/mol. The lowest BCUT2D eigenvalue weighted by molar-refractivity contribution is -0.144. The molecule has 5 nitrogen and oxygen atoms in total. The molecule has 0 aromatic carbocycles. The maximum Gasteiger partial charge on any atom is 0.306 e. The molecule has 6 heteroatoms. The van der Waals surface area contributed by atoms with Crippen LogP contribution in [0.1, 0.15) is 33.1 Å². The minimum absolute atomic E-state index is 0.173. The molecule has 1 atom stereocenters. The van der Waals surface area contributed by atoms with Gasteiger partial charge in [0.1, 0.15) is 0 Å². The second kappa shape index (κ2) is 7.62. The van der Waals surface area contributed by atoms with Gasteiger partial charge in [-0.15, -0.1) is 0 Å². The van der Waals surface area contributed by atoms with Crippen LogP contribution >= 0.6 is 0 Å². The second-order valence-corrected chi connectivity index (χ2v) is 5.43. The summed E-state index contributed by atoms with van der Waals surface area (Å²) in [6.45, 7) is 4.26. The monoisotopic (exact) mass is 252 g/mol. The summed E-state index contributed by atoms with van der Waals surface area (Å²) in [5, 5.41) is 0. The highest BCUT2D eigenvalue weighted by Gasteiger charge is 2.10. The highest BCUT2D eigenvalue weighted by molar-refractivity contribution is 7.85. The highest BCUT2D eigenvalue weighted by Crippen LogP contribution is 2.11. The zero-order valence-electron chi connectivity index (χ0n) is 10.1. The molecule has 0 N–H and O–H groups in total. The molecule has 0 spiro atoms. The second-order valence-electron chi connectivity index (χ2n) is 3.78. The Bertz CT molecular complexity index is 296. The smallest absolute Gasteiger partial charge is 0.306 e. The van der Waals surface area contributed by atoms with Crippen LogP contribution in [0.4, 0.5) is 0 Å². The van der Waals surface area contributed by atoms with Crippen molar-refractivity contribution in [2.45, 2.75) is 33.1 Å². The van der Waals surface area contributed by atoms with Gasteiger partial charge in [-0.2, -0.15) is 8.42 Å². The van der Waals surface area contributed by atoms with E-state index in [-0.39, 0.29) is 18.5 Å². The van der Waals surface area contributed by atoms with E-state index in [2.05, 4.69) is 4.18 Å². The number of hydrogen-bond acceptors (Lipinski definition) is 5. The Balaban J connectivity index is 3.58. The van der Waals surface area contributed by atoms with Crippen LogP contribution in [-0.4, -0.2) is 33.9 Å². The largest absolute Gasteiger partial charge is 0.466 e. The summed E-state index contributed by atoms with van der Waals surface area (Å²) in [7, 11) is -3.35. The summed E-state index contributed by atoms with van der Waals surface area (Å²) in [5.74, 6) is -0.0266. The molecule has 0 aliphatic carbocycles. The summed E-state index contributed by atoms with van der Waals surface area (Å²) in [5.41, 5.74) is 0. The van der Waals surface area contributed by atoms with Crippen molar-refractivity contribution in [1.82, 2.24) is 0 Å². The average Bonchev–Trinajstić information content (AvgIpc) is 2.11. The Morgan fingerprint density at radius 2 is 2.00 bits per heavy atom. The number of ether oxygens (including phenoxy) is 1. The van der Waals surface area contributed by atoms with Gasteiger partial charge in [-0.05, 0) is 25.7 Å². The molecular formula is C10H20O5S. The summed E-state index contributed by atoms with van der Waals surface area (Å²) in [6, 6.07) is 0.